The Morgan fingerprint density at radius 1 is 1.11 bits per heavy atom. The van der Waals surface area contributed by atoms with Crippen LogP contribution in [0.1, 0.15) is 40.2 Å². The summed E-state index contributed by atoms with van der Waals surface area (Å²) in [7, 11) is -2.05. The average Bonchev–Trinajstić information content (AvgIpc) is 3.35. The summed E-state index contributed by atoms with van der Waals surface area (Å²) in [4.78, 5) is 2.50. The molecule has 0 bridgehead atoms. The molecule has 5 rings (SSSR count). The second-order valence-electron chi connectivity index (χ2n) is 9.38. The highest BCUT2D eigenvalue weighted by Crippen LogP contribution is 2.41. The Balaban J connectivity index is 1.39. The third-order valence-electron chi connectivity index (χ3n) is 7.03. The minimum Gasteiger partial charge on any atom is -0.299 e. The van der Waals surface area contributed by atoms with Gasteiger partial charge in [-0.05, 0) is 60.7 Å². The lowest BCUT2D eigenvalue weighted by atomic mass is 9.88. The van der Waals surface area contributed by atoms with Gasteiger partial charge in [-0.2, -0.15) is 18.3 Å². The van der Waals surface area contributed by atoms with E-state index in [1.54, 1.807) is 13.1 Å². The van der Waals surface area contributed by atoms with Crippen LogP contribution in [0.15, 0.2) is 59.8 Å². The van der Waals surface area contributed by atoms with Gasteiger partial charge in [0.05, 0.1) is 11.8 Å². The summed E-state index contributed by atoms with van der Waals surface area (Å²) in [5.41, 5.74) is 3.11. The van der Waals surface area contributed by atoms with Gasteiger partial charge in [0.25, 0.3) is 0 Å². The summed E-state index contributed by atoms with van der Waals surface area (Å²) in [5.74, 6) is 0.0451. The van der Waals surface area contributed by atoms with E-state index in [9.17, 15) is 21.6 Å². The summed E-state index contributed by atoms with van der Waals surface area (Å²) >= 11 is 0. The van der Waals surface area contributed by atoms with Crippen LogP contribution in [-0.4, -0.2) is 42.2 Å². The van der Waals surface area contributed by atoms with Gasteiger partial charge in [0, 0.05) is 31.7 Å². The normalized spacial score (nSPS) is 20.6. The van der Waals surface area contributed by atoms with Crippen LogP contribution < -0.4 is 4.72 Å². The van der Waals surface area contributed by atoms with E-state index in [0.29, 0.717) is 12.0 Å². The van der Waals surface area contributed by atoms with Crippen LogP contribution in [0.25, 0.3) is 0 Å². The Hall–Kier alpha value is -2.69. The number of likely N-dealkylation sites (tertiary alicyclic amines) is 1. The zero-order valence-electron chi connectivity index (χ0n) is 19.3. The molecule has 2 aliphatic rings. The number of alkyl halides is 3. The van der Waals surface area contributed by atoms with Crippen LogP contribution in [0.4, 0.5) is 13.2 Å². The van der Waals surface area contributed by atoms with E-state index in [1.807, 2.05) is 18.2 Å². The number of aromatic nitrogens is 2. The van der Waals surface area contributed by atoms with Crippen molar-refractivity contribution in [1.82, 2.24) is 19.4 Å². The van der Waals surface area contributed by atoms with Gasteiger partial charge in [-0.1, -0.05) is 36.4 Å². The van der Waals surface area contributed by atoms with E-state index < -0.39 is 21.8 Å². The van der Waals surface area contributed by atoms with Crippen molar-refractivity contribution in [3.63, 3.8) is 0 Å². The van der Waals surface area contributed by atoms with Crippen molar-refractivity contribution in [1.29, 1.82) is 0 Å². The van der Waals surface area contributed by atoms with Gasteiger partial charge < -0.3 is 0 Å². The van der Waals surface area contributed by atoms with Crippen LogP contribution in [0, 0.1) is 0 Å². The fourth-order valence-corrected chi connectivity index (χ4v) is 6.09. The highest BCUT2D eigenvalue weighted by molar-refractivity contribution is 7.89. The zero-order chi connectivity index (χ0) is 24.8. The molecule has 1 saturated heterocycles. The molecule has 1 N–H and O–H groups in total. The first kappa shape index (κ1) is 24.0. The van der Waals surface area contributed by atoms with Crippen LogP contribution in [0.2, 0.25) is 0 Å². The summed E-state index contributed by atoms with van der Waals surface area (Å²) in [6.45, 7) is 2.11. The van der Waals surface area contributed by atoms with E-state index in [0.717, 1.165) is 43.1 Å². The van der Waals surface area contributed by atoms with Gasteiger partial charge in [0.15, 0.2) is 0 Å². The molecule has 1 aromatic heterocycles. The van der Waals surface area contributed by atoms with Gasteiger partial charge in [0.2, 0.25) is 10.0 Å². The quantitative estimate of drug-likeness (QED) is 0.531. The number of fused-ring (bicyclic) bond motifs is 1. The third-order valence-corrected chi connectivity index (χ3v) is 8.39. The monoisotopic (exact) mass is 504 g/mol. The van der Waals surface area contributed by atoms with Gasteiger partial charge in [-0.3, -0.25) is 9.58 Å². The molecule has 1 aliphatic heterocycles. The molecule has 1 fully saturated rings. The zero-order valence-corrected chi connectivity index (χ0v) is 20.1. The van der Waals surface area contributed by atoms with Gasteiger partial charge in [-0.15, -0.1) is 0 Å². The molecule has 6 nitrogen and oxygen atoms in total. The molecule has 35 heavy (non-hydrogen) atoms. The first-order valence-electron chi connectivity index (χ1n) is 11.6. The van der Waals surface area contributed by atoms with E-state index in [2.05, 4.69) is 14.7 Å². The van der Waals surface area contributed by atoms with Crippen LogP contribution in [-0.2, 0) is 42.6 Å². The van der Waals surface area contributed by atoms with E-state index in [-0.39, 0.29) is 23.4 Å². The maximum atomic E-state index is 13.3. The summed E-state index contributed by atoms with van der Waals surface area (Å²) in [6.07, 6.45) is 0.842. The molecule has 2 atom stereocenters. The molecule has 186 valence electrons. The number of nitrogens with zero attached hydrogens (tertiary/aromatic N) is 3. The lowest BCUT2D eigenvalue weighted by molar-refractivity contribution is -0.137. The number of hydrogen-bond donors (Lipinski definition) is 1. The number of nitrogens with one attached hydrogen (secondary N) is 1. The Morgan fingerprint density at radius 2 is 1.91 bits per heavy atom. The SMILES string of the molecule is Cn1cc(S(=O)(=O)NCc2ccc3c(c2)C(Cc2cccc(C(F)(F)F)c2)C(N2CCC2)C3)cn1. The first-order chi connectivity index (χ1) is 16.6. The first-order valence-corrected chi connectivity index (χ1v) is 13.1. The van der Waals surface area contributed by atoms with E-state index in [1.165, 1.54) is 34.8 Å². The Bertz CT molecular complexity index is 1330. The average molecular weight is 505 g/mol. The number of aryl methyl sites for hydroxylation is 1. The molecule has 2 heterocycles. The van der Waals surface area contributed by atoms with E-state index >= 15 is 0 Å². The molecule has 2 aromatic carbocycles. The van der Waals surface area contributed by atoms with Crippen molar-refractivity contribution in [2.75, 3.05) is 13.1 Å². The van der Waals surface area contributed by atoms with Crippen molar-refractivity contribution in [2.45, 2.75) is 48.8 Å². The summed E-state index contributed by atoms with van der Waals surface area (Å²) in [6, 6.07) is 11.8. The lowest BCUT2D eigenvalue weighted by Gasteiger charge is -2.39. The Morgan fingerprint density at radius 3 is 2.57 bits per heavy atom. The molecule has 3 aromatic rings. The molecule has 0 spiro atoms. The molecule has 1 aliphatic carbocycles. The number of rotatable bonds is 7. The molecular formula is C25H27F3N4O2S. The fourth-order valence-electron chi connectivity index (χ4n) is 5.09. The van der Waals surface area contributed by atoms with Crippen LogP contribution in [0.5, 0.6) is 0 Å². The third kappa shape index (κ3) is 5.00. The molecule has 2 unspecified atom stereocenters. The predicted octanol–water partition coefficient (Wildman–Crippen LogP) is 3.87. The summed E-state index contributed by atoms with van der Waals surface area (Å²) in [5, 5.41) is 3.92. The molecule has 0 saturated carbocycles. The van der Waals surface area contributed by atoms with Crippen molar-refractivity contribution in [3.05, 3.63) is 82.7 Å². The van der Waals surface area contributed by atoms with Crippen molar-refractivity contribution in [2.24, 2.45) is 7.05 Å². The second-order valence-corrected chi connectivity index (χ2v) is 11.1. The number of halogens is 3. The maximum absolute atomic E-state index is 13.3. The summed E-state index contributed by atoms with van der Waals surface area (Å²) < 4.78 is 69.1. The van der Waals surface area contributed by atoms with Crippen LogP contribution in [0.3, 0.4) is 0 Å². The standard InChI is InChI=1S/C25H27F3N4O2S/c1-31-16-21(15-29-31)35(33,34)30-14-18-6-7-19-13-24(32-8-3-9-32)23(22(19)12-18)11-17-4-2-5-20(10-17)25(26,27)28/h2,4-7,10,12,15-16,23-24,30H,3,8-9,11,13-14H2,1H3. The highest BCUT2D eigenvalue weighted by atomic mass is 32.2. The predicted molar refractivity (Wildman–Crippen MR) is 125 cm³/mol. The topological polar surface area (TPSA) is 67.2 Å². The van der Waals surface area contributed by atoms with Crippen LogP contribution >= 0.6 is 0 Å². The number of hydrogen-bond acceptors (Lipinski definition) is 4. The minimum atomic E-state index is -4.38. The number of sulfonamides is 1. The van der Waals surface area contributed by atoms with Gasteiger partial charge >= 0.3 is 6.18 Å². The molecular weight excluding hydrogens is 477 g/mol. The Kier molecular flexibility index (Phi) is 6.23. The van der Waals surface area contributed by atoms with Crippen molar-refractivity contribution < 1.29 is 21.6 Å². The molecule has 0 radical (unpaired) electrons. The minimum absolute atomic E-state index is 0.0451. The molecule has 0 amide bonds. The number of benzene rings is 2. The van der Waals surface area contributed by atoms with Crippen molar-refractivity contribution >= 4 is 10.0 Å². The fraction of sp³-hybridized carbons (Fsp3) is 0.400. The van der Waals surface area contributed by atoms with Gasteiger partial charge in [0.1, 0.15) is 4.90 Å². The second kappa shape index (κ2) is 9.07. The maximum Gasteiger partial charge on any atom is 0.416 e. The van der Waals surface area contributed by atoms with Crippen molar-refractivity contribution in [3.8, 4) is 0 Å². The van der Waals surface area contributed by atoms with E-state index in [4.69, 9.17) is 0 Å². The largest absolute Gasteiger partial charge is 0.416 e. The van der Waals surface area contributed by atoms with Gasteiger partial charge in [-0.25, -0.2) is 13.1 Å². The Labute approximate surface area is 202 Å². The molecule has 10 heteroatoms. The smallest absolute Gasteiger partial charge is 0.299 e. The lowest BCUT2D eigenvalue weighted by Crippen LogP contribution is -2.47. The highest BCUT2D eigenvalue weighted by Gasteiger charge is 2.39.